The fourth-order valence-corrected chi connectivity index (χ4v) is 3.16. The van der Waals surface area contributed by atoms with Crippen LogP contribution < -0.4 is 5.32 Å². The van der Waals surface area contributed by atoms with Crippen molar-refractivity contribution in [2.75, 3.05) is 6.26 Å². The van der Waals surface area contributed by atoms with Gasteiger partial charge in [0.1, 0.15) is 5.01 Å². The standard InChI is InChI=1S/C12H19N5S2/c1-8(2)11-9(7-17(3)16-11)5-13-6-10-14-15-12(18-4)19-10/h7-8,13H,5-6H2,1-4H3. The van der Waals surface area contributed by atoms with Gasteiger partial charge in [0.15, 0.2) is 4.34 Å². The van der Waals surface area contributed by atoms with Crippen molar-refractivity contribution in [2.45, 2.75) is 37.2 Å². The molecule has 19 heavy (non-hydrogen) atoms. The first kappa shape index (κ1) is 14.5. The maximum atomic E-state index is 4.50. The van der Waals surface area contributed by atoms with Crippen LogP contribution in [0.5, 0.6) is 0 Å². The van der Waals surface area contributed by atoms with E-state index >= 15 is 0 Å². The third kappa shape index (κ3) is 3.77. The Hall–Kier alpha value is -0.920. The van der Waals surface area contributed by atoms with Crippen LogP contribution >= 0.6 is 23.1 Å². The third-order valence-corrected chi connectivity index (χ3v) is 4.60. The van der Waals surface area contributed by atoms with Gasteiger partial charge in [0.2, 0.25) is 0 Å². The molecule has 0 atom stereocenters. The summed E-state index contributed by atoms with van der Waals surface area (Å²) in [6.07, 6.45) is 4.10. The zero-order valence-corrected chi connectivity index (χ0v) is 13.3. The topological polar surface area (TPSA) is 55.6 Å². The average molecular weight is 297 g/mol. The van der Waals surface area contributed by atoms with Crippen LogP contribution in [0, 0.1) is 0 Å². The SMILES string of the molecule is CSc1nnc(CNCc2cn(C)nc2C(C)C)s1. The van der Waals surface area contributed by atoms with Gasteiger partial charge >= 0.3 is 0 Å². The molecule has 0 aliphatic rings. The Balaban J connectivity index is 1.92. The highest BCUT2D eigenvalue weighted by molar-refractivity contribution is 8.00. The zero-order valence-electron chi connectivity index (χ0n) is 11.7. The minimum absolute atomic E-state index is 0.447. The first-order valence-corrected chi connectivity index (χ1v) is 8.23. The van der Waals surface area contributed by atoms with Gasteiger partial charge < -0.3 is 5.32 Å². The van der Waals surface area contributed by atoms with Gasteiger partial charge in [0, 0.05) is 25.4 Å². The van der Waals surface area contributed by atoms with Gasteiger partial charge in [0.05, 0.1) is 12.2 Å². The molecule has 0 bridgehead atoms. The van der Waals surface area contributed by atoms with Crippen molar-refractivity contribution in [1.82, 2.24) is 25.3 Å². The molecule has 0 unspecified atom stereocenters. The molecule has 0 aromatic carbocycles. The lowest BCUT2D eigenvalue weighted by Gasteiger charge is -2.05. The van der Waals surface area contributed by atoms with Crippen LogP contribution in [0.15, 0.2) is 10.5 Å². The smallest absolute Gasteiger partial charge is 0.174 e. The molecule has 2 aromatic heterocycles. The number of hydrogen-bond acceptors (Lipinski definition) is 6. The Morgan fingerprint density at radius 3 is 2.79 bits per heavy atom. The van der Waals surface area contributed by atoms with E-state index in [-0.39, 0.29) is 0 Å². The maximum Gasteiger partial charge on any atom is 0.174 e. The predicted octanol–water partition coefficient (Wildman–Crippen LogP) is 2.41. The summed E-state index contributed by atoms with van der Waals surface area (Å²) in [6, 6.07) is 0. The van der Waals surface area contributed by atoms with Crippen LogP contribution in [0.3, 0.4) is 0 Å². The average Bonchev–Trinajstić information content (AvgIpc) is 2.96. The van der Waals surface area contributed by atoms with E-state index in [4.69, 9.17) is 0 Å². The molecular formula is C12H19N5S2. The molecule has 104 valence electrons. The van der Waals surface area contributed by atoms with Gasteiger partial charge in [-0.1, -0.05) is 36.9 Å². The van der Waals surface area contributed by atoms with Crippen LogP contribution in [0.1, 0.15) is 36.0 Å². The van der Waals surface area contributed by atoms with Gasteiger partial charge in [-0.25, -0.2) is 0 Å². The van der Waals surface area contributed by atoms with E-state index in [0.717, 1.165) is 28.1 Å². The summed E-state index contributed by atoms with van der Waals surface area (Å²) in [5, 5.41) is 17.2. The second-order valence-corrected chi connectivity index (χ2v) is 6.75. The normalized spacial score (nSPS) is 11.4. The minimum atomic E-state index is 0.447. The van der Waals surface area contributed by atoms with Crippen molar-refractivity contribution in [1.29, 1.82) is 0 Å². The number of nitrogens with one attached hydrogen (secondary N) is 1. The van der Waals surface area contributed by atoms with Crippen LogP contribution in [0.2, 0.25) is 0 Å². The number of rotatable bonds is 6. The largest absolute Gasteiger partial charge is 0.306 e. The first-order valence-electron chi connectivity index (χ1n) is 6.19. The molecule has 0 amide bonds. The summed E-state index contributed by atoms with van der Waals surface area (Å²) in [4.78, 5) is 0. The van der Waals surface area contributed by atoms with Crippen LogP contribution in [-0.4, -0.2) is 26.2 Å². The highest BCUT2D eigenvalue weighted by Gasteiger charge is 2.11. The van der Waals surface area contributed by atoms with Crippen molar-refractivity contribution >= 4 is 23.1 Å². The van der Waals surface area contributed by atoms with Gasteiger partial charge in [-0.3, -0.25) is 4.68 Å². The molecular weight excluding hydrogens is 278 g/mol. The zero-order chi connectivity index (χ0) is 13.8. The van der Waals surface area contributed by atoms with E-state index in [9.17, 15) is 0 Å². The van der Waals surface area contributed by atoms with E-state index in [1.165, 1.54) is 5.56 Å². The number of aryl methyl sites for hydroxylation is 1. The summed E-state index contributed by atoms with van der Waals surface area (Å²) in [7, 11) is 1.96. The van der Waals surface area contributed by atoms with Crippen LogP contribution in [0.4, 0.5) is 0 Å². The molecule has 5 nitrogen and oxygen atoms in total. The van der Waals surface area contributed by atoms with E-state index in [0.29, 0.717) is 5.92 Å². The predicted molar refractivity (Wildman–Crippen MR) is 79.5 cm³/mol. The lowest BCUT2D eigenvalue weighted by Crippen LogP contribution is -2.13. The lowest BCUT2D eigenvalue weighted by atomic mass is 10.1. The summed E-state index contributed by atoms with van der Waals surface area (Å²) >= 11 is 3.27. The van der Waals surface area contributed by atoms with Crippen LogP contribution in [-0.2, 0) is 20.1 Å². The monoisotopic (exact) mass is 297 g/mol. The van der Waals surface area contributed by atoms with Crippen molar-refractivity contribution in [3.8, 4) is 0 Å². The molecule has 2 aromatic rings. The Morgan fingerprint density at radius 1 is 1.37 bits per heavy atom. The highest BCUT2D eigenvalue weighted by Crippen LogP contribution is 2.20. The molecule has 2 heterocycles. The van der Waals surface area contributed by atoms with Gasteiger partial charge in [0.25, 0.3) is 0 Å². The van der Waals surface area contributed by atoms with Gasteiger partial charge in [-0.15, -0.1) is 10.2 Å². The Morgan fingerprint density at radius 2 is 2.16 bits per heavy atom. The van der Waals surface area contributed by atoms with E-state index in [2.05, 4.69) is 40.7 Å². The number of thioether (sulfide) groups is 1. The molecule has 7 heteroatoms. The second kappa shape index (κ2) is 6.49. The van der Waals surface area contributed by atoms with Crippen LogP contribution in [0.25, 0.3) is 0 Å². The van der Waals surface area contributed by atoms with Gasteiger partial charge in [-0.2, -0.15) is 5.10 Å². The summed E-state index contributed by atoms with van der Waals surface area (Å²) in [5.41, 5.74) is 2.42. The minimum Gasteiger partial charge on any atom is -0.306 e. The number of hydrogen-bond donors (Lipinski definition) is 1. The molecule has 0 aliphatic heterocycles. The molecule has 1 N–H and O–H groups in total. The van der Waals surface area contributed by atoms with Crippen molar-refractivity contribution in [3.63, 3.8) is 0 Å². The Labute approximate surface area is 121 Å². The van der Waals surface area contributed by atoms with Crippen molar-refractivity contribution in [3.05, 3.63) is 22.5 Å². The second-order valence-electron chi connectivity index (χ2n) is 4.64. The quantitative estimate of drug-likeness (QED) is 0.830. The first-order chi connectivity index (χ1) is 9.10. The van der Waals surface area contributed by atoms with E-state index in [1.54, 1.807) is 23.1 Å². The molecule has 0 fully saturated rings. The van der Waals surface area contributed by atoms with Crippen molar-refractivity contribution < 1.29 is 0 Å². The fraction of sp³-hybridized carbons (Fsp3) is 0.583. The number of nitrogens with zero attached hydrogens (tertiary/aromatic N) is 4. The molecule has 0 saturated carbocycles. The Bertz CT molecular complexity index is 532. The molecule has 0 aliphatic carbocycles. The molecule has 0 radical (unpaired) electrons. The highest BCUT2D eigenvalue weighted by atomic mass is 32.2. The molecule has 0 saturated heterocycles. The van der Waals surface area contributed by atoms with E-state index in [1.807, 2.05) is 18.0 Å². The molecule has 0 spiro atoms. The maximum absolute atomic E-state index is 4.50. The number of aromatic nitrogens is 4. The Kier molecular flexibility index (Phi) is 4.95. The molecule has 2 rings (SSSR count). The summed E-state index contributed by atoms with van der Waals surface area (Å²) in [6.45, 7) is 5.91. The lowest BCUT2D eigenvalue weighted by molar-refractivity contribution is 0.670. The summed E-state index contributed by atoms with van der Waals surface area (Å²) in [5.74, 6) is 0.447. The summed E-state index contributed by atoms with van der Waals surface area (Å²) < 4.78 is 2.89. The van der Waals surface area contributed by atoms with Crippen molar-refractivity contribution in [2.24, 2.45) is 7.05 Å². The third-order valence-electron chi connectivity index (χ3n) is 2.70. The fourth-order valence-electron chi connectivity index (χ4n) is 1.87. The van der Waals surface area contributed by atoms with E-state index < -0.39 is 0 Å². The van der Waals surface area contributed by atoms with Gasteiger partial charge in [-0.05, 0) is 12.2 Å².